The average molecular weight is 353 g/mol. The van der Waals surface area contributed by atoms with Crippen molar-refractivity contribution in [1.29, 1.82) is 0 Å². The number of likely N-dealkylation sites (tertiary alicyclic amines) is 1. The lowest BCUT2D eigenvalue weighted by Crippen LogP contribution is -2.34. The van der Waals surface area contributed by atoms with Crippen LogP contribution < -0.4 is 5.73 Å². The third-order valence-electron chi connectivity index (χ3n) is 4.42. The first-order chi connectivity index (χ1) is 11.8. The number of carbonyl (C=O) groups is 1. The Morgan fingerprint density at radius 2 is 2.08 bits per heavy atom. The molecule has 2 atom stereocenters. The van der Waals surface area contributed by atoms with Gasteiger partial charge in [0.15, 0.2) is 5.69 Å². The SMILES string of the molecule is CC1CC(CN)CN1C(=O)c1cn(-c2ccccc2C(F)(F)F)nn1. The quantitative estimate of drug-likeness (QED) is 0.917. The molecule has 2 aromatic rings. The molecule has 1 aliphatic heterocycles. The van der Waals surface area contributed by atoms with E-state index in [1.165, 1.54) is 24.4 Å². The van der Waals surface area contributed by atoms with Gasteiger partial charge in [-0.3, -0.25) is 4.79 Å². The summed E-state index contributed by atoms with van der Waals surface area (Å²) in [5.74, 6) is -0.126. The normalized spacial score (nSPS) is 20.9. The van der Waals surface area contributed by atoms with Gasteiger partial charge in [0.05, 0.1) is 17.4 Å². The second-order valence-corrected chi connectivity index (χ2v) is 6.21. The maximum Gasteiger partial charge on any atom is 0.418 e. The van der Waals surface area contributed by atoms with Crippen LogP contribution in [0.25, 0.3) is 5.69 Å². The molecule has 0 radical (unpaired) electrons. The molecule has 25 heavy (non-hydrogen) atoms. The van der Waals surface area contributed by atoms with Crippen molar-refractivity contribution >= 4 is 5.91 Å². The fourth-order valence-electron chi connectivity index (χ4n) is 3.14. The van der Waals surface area contributed by atoms with Gasteiger partial charge >= 0.3 is 6.18 Å². The number of alkyl halides is 3. The third kappa shape index (κ3) is 3.37. The number of carbonyl (C=O) groups excluding carboxylic acids is 1. The molecule has 0 spiro atoms. The van der Waals surface area contributed by atoms with Crippen molar-refractivity contribution < 1.29 is 18.0 Å². The number of hydrogen-bond acceptors (Lipinski definition) is 4. The molecule has 2 N–H and O–H groups in total. The first kappa shape index (κ1) is 17.4. The summed E-state index contributed by atoms with van der Waals surface area (Å²) in [6, 6.07) is 5.03. The highest BCUT2D eigenvalue weighted by atomic mass is 19.4. The van der Waals surface area contributed by atoms with Crippen molar-refractivity contribution in [2.75, 3.05) is 13.1 Å². The van der Waals surface area contributed by atoms with Crippen LogP contribution in [0.1, 0.15) is 29.4 Å². The van der Waals surface area contributed by atoms with Crippen LogP contribution in [-0.4, -0.2) is 44.9 Å². The molecule has 1 aliphatic rings. The fraction of sp³-hybridized carbons (Fsp3) is 0.438. The van der Waals surface area contributed by atoms with Gasteiger partial charge in [-0.1, -0.05) is 17.3 Å². The molecule has 1 saturated heterocycles. The van der Waals surface area contributed by atoms with Crippen molar-refractivity contribution in [2.45, 2.75) is 25.6 Å². The highest BCUT2D eigenvalue weighted by Gasteiger charge is 2.35. The number of amides is 1. The summed E-state index contributed by atoms with van der Waals surface area (Å²) in [6.07, 6.45) is -2.49. The Morgan fingerprint density at radius 3 is 2.72 bits per heavy atom. The number of rotatable bonds is 3. The number of nitrogens with two attached hydrogens (primary N) is 1. The molecule has 0 bridgehead atoms. The molecule has 6 nitrogen and oxygen atoms in total. The van der Waals surface area contributed by atoms with E-state index in [1.54, 1.807) is 4.90 Å². The van der Waals surface area contributed by atoms with Gasteiger partial charge in [0.25, 0.3) is 5.91 Å². The second-order valence-electron chi connectivity index (χ2n) is 6.21. The maximum absolute atomic E-state index is 13.1. The molecule has 1 aromatic carbocycles. The van der Waals surface area contributed by atoms with Crippen LogP contribution in [0.4, 0.5) is 13.2 Å². The van der Waals surface area contributed by atoms with Gasteiger partial charge in [0, 0.05) is 12.6 Å². The number of hydrogen-bond donors (Lipinski definition) is 1. The van der Waals surface area contributed by atoms with Gasteiger partial charge in [-0.05, 0) is 37.9 Å². The Bertz CT molecular complexity index is 773. The van der Waals surface area contributed by atoms with Crippen LogP contribution in [0.2, 0.25) is 0 Å². The molecule has 0 aliphatic carbocycles. The molecule has 1 fully saturated rings. The minimum atomic E-state index is -4.52. The van der Waals surface area contributed by atoms with Gasteiger partial charge in [0.1, 0.15) is 0 Å². The van der Waals surface area contributed by atoms with E-state index in [1.807, 2.05) is 6.92 Å². The number of aromatic nitrogens is 3. The molecular weight excluding hydrogens is 335 g/mol. The molecule has 2 heterocycles. The van der Waals surface area contributed by atoms with E-state index >= 15 is 0 Å². The zero-order valence-corrected chi connectivity index (χ0v) is 13.6. The molecular formula is C16H18F3N5O. The summed E-state index contributed by atoms with van der Waals surface area (Å²) in [5, 5.41) is 7.48. The van der Waals surface area contributed by atoms with Crippen molar-refractivity contribution in [3.63, 3.8) is 0 Å². The topological polar surface area (TPSA) is 77.0 Å². The predicted octanol–water partition coefficient (Wildman–Crippen LogP) is 2.10. The van der Waals surface area contributed by atoms with Crippen molar-refractivity contribution in [3.8, 4) is 5.69 Å². The molecule has 1 amide bonds. The molecule has 1 aromatic heterocycles. The Hall–Kier alpha value is -2.42. The van der Waals surface area contributed by atoms with Crippen LogP contribution >= 0.6 is 0 Å². The standard InChI is InChI=1S/C16H18F3N5O/c1-10-6-11(7-20)8-23(10)15(25)13-9-24(22-21-13)14-5-3-2-4-12(14)16(17,18)19/h2-5,9-11H,6-8,20H2,1H3. The van der Waals surface area contributed by atoms with Gasteiger partial charge in [-0.15, -0.1) is 5.10 Å². The summed E-state index contributed by atoms with van der Waals surface area (Å²) in [7, 11) is 0. The minimum Gasteiger partial charge on any atom is -0.334 e. The van der Waals surface area contributed by atoms with Crippen molar-refractivity contribution in [2.24, 2.45) is 11.7 Å². The molecule has 3 rings (SSSR count). The van der Waals surface area contributed by atoms with E-state index in [2.05, 4.69) is 10.3 Å². The first-order valence-electron chi connectivity index (χ1n) is 7.91. The lowest BCUT2D eigenvalue weighted by molar-refractivity contribution is -0.137. The molecule has 0 saturated carbocycles. The zero-order valence-electron chi connectivity index (χ0n) is 13.6. The number of nitrogens with zero attached hydrogens (tertiary/aromatic N) is 4. The van der Waals surface area contributed by atoms with Gasteiger partial charge in [-0.25, -0.2) is 4.68 Å². The number of benzene rings is 1. The summed E-state index contributed by atoms with van der Waals surface area (Å²) in [5.41, 5.74) is 4.67. The van der Waals surface area contributed by atoms with Crippen LogP contribution in [0, 0.1) is 5.92 Å². The molecule has 2 unspecified atom stereocenters. The Labute approximate surface area is 142 Å². The fourth-order valence-corrected chi connectivity index (χ4v) is 3.14. The van der Waals surface area contributed by atoms with E-state index in [0.717, 1.165) is 17.2 Å². The van der Waals surface area contributed by atoms with Crippen molar-refractivity contribution in [1.82, 2.24) is 19.9 Å². The molecule has 134 valence electrons. The second kappa shape index (κ2) is 6.47. The van der Waals surface area contributed by atoms with Crippen LogP contribution in [0.3, 0.4) is 0 Å². The lowest BCUT2D eigenvalue weighted by atomic mass is 10.1. The van der Waals surface area contributed by atoms with Gasteiger partial charge in [0.2, 0.25) is 0 Å². The summed E-state index contributed by atoms with van der Waals surface area (Å²) in [6.45, 7) is 2.92. The Kier molecular flexibility index (Phi) is 4.51. The smallest absolute Gasteiger partial charge is 0.334 e. The van der Waals surface area contributed by atoms with E-state index in [-0.39, 0.29) is 29.2 Å². The maximum atomic E-state index is 13.1. The Balaban J connectivity index is 1.88. The average Bonchev–Trinajstić information content (AvgIpc) is 3.20. The highest BCUT2D eigenvalue weighted by Crippen LogP contribution is 2.33. The van der Waals surface area contributed by atoms with Crippen LogP contribution in [0.5, 0.6) is 0 Å². The van der Waals surface area contributed by atoms with Gasteiger partial charge in [-0.2, -0.15) is 13.2 Å². The summed E-state index contributed by atoms with van der Waals surface area (Å²) in [4.78, 5) is 14.2. The predicted molar refractivity (Wildman–Crippen MR) is 84.0 cm³/mol. The third-order valence-corrected chi connectivity index (χ3v) is 4.42. The number of halogens is 3. The van der Waals surface area contributed by atoms with Crippen molar-refractivity contribution in [3.05, 3.63) is 41.7 Å². The Morgan fingerprint density at radius 1 is 1.36 bits per heavy atom. The largest absolute Gasteiger partial charge is 0.418 e. The minimum absolute atomic E-state index is 0.00802. The van der Waals surface area contributed by atoms with Gasteiger partial charge < -0.3 is 10.6 Å². The molecule has 9 heteroatoms. The van der Waals surface area contributed by atoms with E-state index in [9.17, 15) is 18.0 Å². The zero-order chi connectivity index (χ0) is 18.2. The van der Waals surface area contributed by atoms with E-state index in [0.29, 0.717) is 13.1 Å². The summed E-state index contributed by atoms with van der Waals surface area (Å²) < 4.78 is 40.4. The lowest BCUT2D eigenvalue weighted by Gasteiger charge is -2.19. The monoisotopic (exact) mass is 353 g/mol. The van der Waals surface area contributed by atoms with Crippen LogP contribution in [-0.2, 0) is 6.18 Å². The summed E-state index contributed by atoms with van der Waals surface area (Å²) >= 11 is 0. The van der Waals surface area contributed by atoms with E-state index in [4.69, 9.17) is 5.73 Å². The van der Waals surface area contributed by atoms with Crippen LogP contribution in [0.15, 0.2) is 30.5 Å². The first-order valence-corrected chi connectivity index (χ1v) is 7.91. The number of para-hydroxylation sites is 1. The van der Waals surface area contributed by atoms with E-state index < -0.39 is 11.7 Å². The highest BCUT2D eigenvalue weighted by molar-refractivity contribution is 5.92.